The van der Waals surface area contributed by atoms with Crippen molar-refractivity contribution in [2.24, 2.45) is 0 Å². The minimum atomic E-state index is -0.543. The lowest BCUT2D eigenvalue weighted by molar-refractivity contribution is -0.385. The third-order valence-electron chi connectivity index (χ3n) is 1.34. The monoisotopic (exact) mass is 230 g/mol. The third-order valence-corrected chi connectivity index (χ3v) is 1.94. The summed E-state index contributed by atoms with van der Waals surface area (Å²) in [6, 6.07) is 2.43. The van der Waals surface area contributed by atoms with Crippen LogP contribution < -0.4 is 0 Å². The molecule has 0 saturated carbocycles. The molecule has 0 atom stereocenters. The van der Waals surface area contributed by atoms with Crippen molar-refractivity contribution in [2.75, 3.05) is 0 Å². The first-order valence-corrected chi connectivity index (χ1v) is 3.80. The molecule has 0 saturated heterocycles. The number of hydrogen-bond donors (Lipinski definition) is 1. The van der Waals surface area contributed by atoms with E-state index >= 15 is 0 Å². The molecule has 1 N–H and O–H groups in total. The van der Waals surface area contributed by atoms with E-state index in [1.807, 2.05) is 0 Å². The molecular formula is C7H5BrNO3. The van der Waals surface area contributed by atoms with Crippen molar-refractivity contribution in [2.45, 2.75) is 0 Å². The first kappa shape index (κ1) is 8.99. The van der Waals surface area contributed by atoms with Gasteiger partial charge in [-0.3, -0.25) is 10.1 Å². The van der Waals surface area contributed by atoms with Gasteiger partial charge >= 0.3 is 0 Å². The van der Waals surface area contributed by atoms with Crippen molar-refractivity contribution in [3.8, 4) is 5.75 Å². The second-order valence-corrected chi connectivity index (χ2v) is 3.05. The van der Waals surface area contributed by atoms with Gasteiger partial charge in [-0.1, -0.05) is 0 Å². The van der Waals surface area contributed by atoms with Gasteiger partial charge < -0.3 is 5.11 Å². The molecule has 0 aliphatic heterocycles. The smallest absolute Gasteiger partial charge is 0.271 e. The van der Waals surface area contributed by atoms with Gasteiger partial charge in [-0.05, 0) is 22.9 Å². The fourth-order valence-electron chi connectivity index (χ4n) is 0.746. The third kappa shape index (κ3) is 1.55. The molecule has 0 fully saturated rings. The number of hydrogen-bond acceptors (Lipinski definition) is 3. The molecule has 0 unspecified atom stereocenters. The Bertz CT molecular complexity index is 314. The summed E-state index contributed by atoms with van der Waals surface area (Å²) >= 11 is 2.97. The zero-order chi connectivity index (χ0) is 9.30. The molecule has 0 aliphatic rings. The largest absolute Gasteiger partial charge is 0.506 e. The van der Waals surface area contributed by atoms with Crippen LogP contribution in [-0.2, 0) is 0 Å². The summed E-state index contributed by atoms with van der Waals surface area (Å²) in [6.07, 6.45) is 0. The zero-order valence-electron chi connectivity index (χ0n) is 5.95. The average molecular weight is 231 g/mol. The van der Waals surface area contributed by atoms with Crippen LogP contribution >= 0.6 is 15.9 Å². The highest BCUT2D eigenvalue weighted by molar-refractivity contribution is 9.10. The summed E-state index contributed by atoms with van der Waals surface area (Å²) in [7, 11) is 0. The number of nitro groups is 1. The number of nitro benzene ring substituents is 1. The molecule has 0 aliphatic carbocycles. The quantitative estimate of drug-likeness (QED) is 0.595. The van der Waals surface area contributed by atoms with Gasteiger partial charge in [-0.25, -0.2) is 0 Å². The maximum Gasteiger partial charge on any atom is 0.271 e. The van der Waals surface area contributed by atoms with Crippen molar-refractivity contribution >= 4 is 21.6 Å². The molecule has 5 heteroatoms. The Hall–Kier alpha value is -1.10. The van der Waals surface area contributed by atoms with Gasteiger partial charge in [-0.2, -0.15) is 0 Å². The highest BCUT2D eigenvalue weighted by atomic mass is 79.9. The maximum absolute atomic E-state index is 10.3. The van der Waals surface area contributed by atoms with E-state index in [2.05, 4.69) is 22.9 Å². The van der Waals surface area contributed by atoms with Gasteiger partial charge in [0.05, 0.1) is 9.40 Å². The summed E-state index contributed by atoms with van der Waals surface area (Å²) in [5.74, 6) is -0.0689. The number of phenols is 1. The molecule has 1 radical (unpaired) electrons. The second kappa shape index (κ2) is 3.10. The van der Waals surface area contributed by atoms with E-state index in [0.717, 1.165) is 0 Å². The lowest BCUT2D eigenvalue weighted by atomic mass is 10.2. The fourth-order valence-corrected chi connectivity index (χ4v) is 1.23. The van der Waals surface area contributed by atoms with Crippen molar-refractivity contribution < 1.29 is 10.0 Å². The summed E-state index contributed by atoms with van der Waals surface area (Å²) in [5, 5.41) is 19.5. The van der Waals surface area contributed by atoms with E-state index in [4.69, 9.17) is 0 Å². The standard InChI is InChI=1S/C7H5BrNO3/c1-4-2-5(9(11)12)3-6(8)7(4)10/h2-3,10H,1H2. The Kier molecular flexibility index (Phi) is 2.32. The molecular weight excluding hydrogens is 226 g/mol. The van der Waals surface area contributed by atoms with Crippen LogP contribution in [0.25, 0.3) is 0 Å². The Labute approximate surface area is 77.1 Å². The van der Waals surface area contributed by atoms with E-state index in [1.165, 1.54) is 12.1 Å². The Morgan fingerprint density at radius 1 is 1.58 bits per heavy atom. The van der Waals surface area contributed by atoms with E-state index in [1.54, 1.807) is 0 Å². The number of aromatic hydroxyl groups is 1. The van der Waals surface area contributed by atoms with E-state index in [-0.39, 0.29) is 21.5 Å². The van der Waals surface area contributed by atoms with Crippen molar-refractivity contribution in [1.82, 2.24) is 0 Å². The number of halogens is 1. The fraction of sp³-hybridized carbons (Fsp3) is 0. The van der Waals surface area contributed by atoms with Gasteiger partial charge in [-0.15, -0.1) is 0 Å². The minimum absolute atomic E-state index is 0.0689. The molecule has 0 amide bonds. The molecule has 1 rings (SSSR count). The van der Waals surface area contributed by atoms with Gasteiger partial charge in [0.15, 0.2) is 0 Å². The van der Waals surface area contributed by atoms with Crippen LogP contribution in [0, 0.1) is 17.0 Å². The lowest BCUT2D eigenvalue weighted by Crippen LogP contribution is -1.89. The molecule has 0 aromatic heterocycles. The van der Waals surface area contributed by atoms with E-state index in [0.29, 0.717) is 0 Å². The molecule has 63 valence electrons. The van der Waals surface area contributed by atoms with Crippen LogP contribution in [0.15, 0.2) is 16.6 Å². The summed E-state index contributed by atoms with van der Waals surface area (Å²) in [5.41, 5.74) is 0.140. The molecule has 1 aromatic carbocycles. The van der Waals surface area contributed by atoms with Gasteiger partial charge in [0.2, 0.25) is 0 Å². The number of phenolic OH excluding ortho intramolecular Hbond substituents is 1. The summed E-state index contributed by atoms with van der Waals surface area (Å²) in [6.45, 7) is 3.44. The van der Waals surface area contributed by atoms with Crippen molar-refractivity contribution in [3.05, 3.63) is 39.2 Å². The van der Waals surface area contributed by atoms with Crippen LogP contribution in [0.1, 0.15) is 5.56 Å². The Morgan fingerprint density at radius 2 is 2.17 bits per heavy atom. The first-order valence-electron chi connectivity index (χ1n) is 3.01. The van der Waals surface area contributed by atoms with Crippen molar-refractivity contribution in [1.29, 1.82) is 0 Å². The maximum atomic E-state index is 10.3. The predicted octanol–water partition coefficient (Wildman–Crippen LogP) is 2.25. The van der Waals surface area contributed by atoms with Crippen molar-refractivity contribution in [3.63, 3.8) is 0 Å². The van der Waals surface area contributed by atoms with Crippen LogP contribution in [0.2, 0.25) is 0 Å². The number of nitrogens with zero attached hydrogens (tertiary/aromatic N) is 1. The normalized spacial score (nSPS) is 9.83. The van der Waals surface area contributed by atoms with Crippen LogP contribution in [-0.4, -0.2) is 10.0 Å². The van der Waals surface area contributed by atoms with Crippen LogP contribution in [0.3, 0.4) is 0 Å². The number of benzene rings is 1. The van der Waals surface area contributed by atoms with Crippen LogP contribution in [0.4, 0.5) is 5.69 Å². The lowest BCUT2D eigenvalue weighted by Gasteiger charge is -2.00. The summed E-state index contributed by atoms with van der Waals surface area (Å²) in [4.78, 5) is 9.75. The van der Waals surface area contributed by atoms with Gasteiger partial charge in [0, 0.05) is 17.7 Å². The zero-order valence-corrected chi connectivity index (χ0v) is 7.54. The van der Waals surface area contributed by atoms with E-state index < -0.39 is 4.92 Å². The topological polar surface area (TPSA) is 63.4 Å². The minimum Gasteiger partial charge on any atom is -0.506 e. The Morgan fingerprint density at radius 3 is 2.58 bits per heavy atom. The summed E-state index contributed by atoms with van der Waals surface area (Å²) < 4.78 is 0.279. The highest BCUT2D eigenvalue weighted by Gasteiger charge is 2.11. The number of rotatable bonds is 1. The molecule has 12 heavy (non-hydrogen) atoms. The molecule has 0 heterocycles. The number of non-ortho nitro benzene ring substituents is 1. The van der Waals surface area contributed by atoms with Crippen LogP contribution in [0.5, 0.6) is 5.75 Å². The molecule has 0 bridgehead atoms. The average Bonchev–Trinajstić information content (AvgIpc) is 1.99. The highest BCUT2D eigenvalue weighted by Crippen LogP contribution is 2.31. The first-order chi connectivity index (χ1) is 5.52. The van der Waals surface area contributed by atoms with E-state index in [9.17, 15) is 15.2 Å². The second-order valence-electron chi connectivity index (χ2n) is 2.19. The Balaban J connectivity index is 3.31. The molecule has 1 aromatic rings. The SMILES string of the molecule is [CH2]c1cc([N+](=O)[O-])cc(Br)c1O. The molecule has 4 nitrogen and oxygen atoms in total. The predicted molar refractivity (Wildman–Crippen MR) is 46.9 cm³/mol. The molecule has 0 spiro atoms. The van der Waals surface area contributed by atoms with Gasteiger partial charge in [0.25, 0.3) is 5.69 Å². The van der Waals surface area contributed by atoms with Gasteiger partial charge in [0.1, 0.15) is 5.75 Å².